The van der Waals surface area contributed by atoms with E-state index >= 15 is 0 Å². The first-order chi connectivity index (χ1) is 15.1. The van der Waals surface area contributed by atoms with Gasteiger partial charge in [0.2, 0.25) is 26.0 Å². The Morgan fingerprint density at radius 1 is 0.969 bits per heavy atom. The zero-order valence-corrected chi connectivity index (χ0v) is 20.1. The van der Waals surface area contributed by atoms with Crippen LogP contribution in [0.15, 0.2) is 58.3 Å². The standard InChI is InChI=1S/C22H29N3O5S2/c1-4-24(5-2)31(27,28)19-14-10-18(11-15-19)23-22(26)21-7-6-16-25(21)32(29,30)20-12-8-17(3)9-13-20/h8-15,21H,4-7,16H2,1-3H3,(H,23,26)/t21-/m0/s1. The molecule has 8 nitrogen and oxygen atoms in total. The SMILES string of the molecule is CCN(CC)S(=O)(=O)c1ccc(NC(=O)[C@@H]2CCCN2S(=O)(=O)c2ccc(C)cc2)cc1. The summed E-state index contributed by atoms with van der Waals surface area (Å²) >= 11 is 0. The molecule has 0 radical (unpaired) electrons. The molecule has 3 rings (SSSR count). The first-order valence-electron chi connectivity index (χ1n) is 10.6. The number of nitrogens with one attached hydrogen (secondary N) is 1. The molecule has 1 aliphatic rings. The lowest BCUT2D eigenvalue weighted by molar-refractivity contribution is -0.119. The summed E-state index contributed by atoms with van der Waals surface area (Å²) in [5.74, 6) is -0.433. The Morgan fingerprint density at radius 3 is 2.09 bits per heavy atom. The van der Waals surface area contributed by atoms with Gasteiger partial charge in [0.15, 0.2) is 0 Å². The summed E-state index contributed by atoms with van der Waals surface area (Å²) in [5, 5.41) is 2.73. The van der Waals surface area contributed by atoms with Crippen LogP contribution in [0.3, 0.4) is 0 Å². The average molecular weight is 480 g/mol. The third kappa shape index (κ3) is 4.88. The molecule has 10 heteroatoms. The van der Waals surface area contributed by atoms with Crippen molar-refractivity contribution in [3.05, 3.63) is 54.1 Å². The molecule has 1 heterocycles. The molecule has 0 aromatic heterocycles. The van der Waals surface area contributed by atoms with Crippen molar-refractivity contribution in [1.29, 1.82) is 0 Å². The van der Waals surface area contributed by atoms with Crippen LogP contribution in [0, 0.1) is 6.92 Å². The van der Waals surface area contributed by atoms with Gasteiger partial charge in [-0.25, -0.2) is 16.8 Å². The molecule has 0 spiro atoms. The van der Waals surface area contributed by atoms with E-state index in [1.54, 1.807) is 38.1 Å². The maximum Gasteiger partial charge on any atom is 0.243 e. The number of amides is 1. The van der Waals surface area contributed by atoms with Crippen molar-refractivity contribution in [2.45, 2.75) is 49.4 Å². The first kappa shape index (κ1) is 24.4. The maximum absolute atomic E-state index is 13.1. The average Bonchev–Trinajstić information content (AvgIpc) is 3.26. The highest BCUT2D eigenvalue weighted by Crippen LogP contribution is 2.27. The van der Waals surface area contributed by atoms with Crippen molar-refractivity contribution in [1.82, 2.24) is 8.61 Å². The summed E-state index contributed by atoms with van der Waals surface area (Å²) in [6.07, 6.45) is 1.01. The van der Waals surface area contributed by atoms with Crippen LogP contribution in [0.1, 0.15) is 32.3 Å². The minimum atomic E-state index is -3.80. The summed E-state index contributed by atoms with van der Waals surface area (Å²) in [6, 6.07) is 11.7. The van der Waals surface area contributed by atoms with Crippen molar-refractivity contribution >= 4 is 31.6 Å². The first-order valence-corrected chi connectivity index (χ1v) is 13.5. The summed E-state index contributed by atoms with van der Waals surface area (Å²) < 4.78 is 53.9. The Balaban J connectivity index is 1.76. The van der Waals surface area contributed by atoms with Crippen molar-refractivity contribution in [3.8, 4) is 0 Å². The van der Waals surface area contributed by atoms with Crippen LogP contribution in [-0.2, 0) is 24.8 Å². The molecule has 2 aromatic rings. The predicted molar refractivity (Wildman–Crippen MR) is 123 cm³/mol. The van der Waals surface area contributed by atoms with E-state index in [2.05, 4.69) is 5.32 Å². The van der Waals surface area contributed by atoms with E-state index < -0.39 is 32.0 Å². The molecule has 1 N–H and O–H groups in total. The number of hydrogen-bond acceptors (Lipinski definition) is 5. The van der Waals surface area contributed by atoms with Crippen molar-refractivity contribution < 1.29 is 21.6 Å². The van der Waals surface area contributed by atoms with Gasteiger partial charge in [-0.1, -0.05) is 31.5 Å². The zero-order chi connectivity index (χ0) is 23.5. The van der Waals surface area contributed by atoms with Gasteiger partial charge in [0.1, 0.15) is 6.04 Å². The number of sulfonamides is 2. The number of hydrogen-bond donors (Lipinski definition) is 1. The van der Waals surface area contributed by atoms with Crippen LogP contribution in [-0.4, -0.2) is 57.0 Å². The lowest BCUT2D eigenvalue weighted by Crippen LogP contribution is -2.43. The molecule has 1 fully saturated rings. The molecule has 2 aromatic carbocycles. The van der Waals surface area contributed by atoms with Gasteiger partial charge in [-0.05, 0) is 56.2 Å². The van der Waals surface area contributed by atoms with Crippen LogP contribution >= 0.6 is 0 Å². The lowest BCUT2D eigenvalue weighted by Gasteiger charge is -2.23. The highest BCUT2D eigenvalue weighted by Gasteiger charge is 2.39. The van der Waals surface area contributed by atoms with Crippen LogP contribution in [0.25, 0.3) is 0 Å². The second-order valence-electron chi connectivity index (χ2n) is 7.69. The number of rotatable bonds is 8. The molecule has 0 saturated carbocycles. The van der Waals surface area contributed by atoms with Gasteiger partial charge in [-0.15, -0.1) is 0 Å². The predicted octanol–water partition coefficient (Wildman–Crippen LogP) is 2.82. The van der Waals surface area contributed by atoms with E-state index in [4.69, 9.17) is 0 Å². The normalized spacial score (nSPS) is 17.6. The molecule has 0 bridgehead atoms. The van der Waals surface area contributed by atoms with Crippen molar-refractivity contribution in [2.24, 2.45) is 0 Å². The van der Waals surface area contributed by atoms with Gasteiger partial charge in [0.25, 0.3) is 0 Å². The van der Waals surface area contributed by atoms with Crippen LogP contribution in [0.2, 0.25) is 0 Å². The monoisotopic (exact) mass is 479 g/mol. The summed E-state index contributed by atoms with van der Waals surface area (Å²) in [6.45, 7) is 6.42. The third-order valence-electron chi connectivity index (χ3n) is 5.60. The van der Waals surface area contributed by atoms with Crippen molar-refractivity contribution in [2.75, 3.05) is 25.0 Å². The topological polar surface area (TPSA) is 104 Å². The molecular weight excluding hydrogens is 450 g/mol. The summed E-state index contributed by atoms with van der Waals surface area (Å²) in [4.78, 5) is 13.2. The molecule has 1 atom stereocenters. The zero-order valence-electron chi connectivity index (χ0n) is 18.5. The lowest BCUT2D eigenvalue weighted by atomic mass is 10.2. The second-order valence-corrected chi connectivity index (χ2v) is 11.5. The van der Waals surface area contributed by atoms with Gasteiger partial charge in [0, 0.05) is 25.3 Å². The smallest absolute Gasteiger partial charge is 0.243 e. The van der Waals surface area contributed by atoms with Gasteiger partial charge >= 0.3 is 0 Å². The minimum absolute atomic E-state index is 0.142. The summed E-state index contributed by atoms with van der Waals surface area (Å²) in [5.41, 5.74) is 1.36. The molecule has 0 aliphatic carbocycles. The molecule has 32 heavy (non-hydrogen) atoms. The van der Waals surface area contributed by atoms with Gasteiger partial charge in [0.05, 0.1) is 9.79 Å². The molecule has 1 saturated heterocycles. The summed E-state index contributed by atoms with van der Waals surface area (Å²) in [7, 11) is -7.39. The van der Waals surface area contributed by atoms with Crippen LogP contribution in [0.5, 0.6) is 0 Å². The number of aryl methyl sites for hydroxylation is 1. The number of benzene rings is 2. The fourth-order valence-corrected chi connectivity index (χ4v) is 6.90. The van der Waals surface area contributed by atoms with E-state index in [9.17, 15) is 21.6 Å². The van der Waals surface area contributed by atoms with Gasteiger partial charge in [-0.2, -0.15) is 8.61 Å². The number of carbonyl (C=O) groups is 1. The molecule has 1 aliphatic heterocycles. The molecule has 174 valence electrons. The Bertz CT molecular complexity index is 1160. The molecule has 0 unspecified atom stereocenters. The fourth-order valence-electron chi connectivity index (χ4n) is 3.78. The Kier molecular flexibility index (Phi) is 7.39. The molecule has 1 amide bonds. The number of carbonyl (C=O) groups excluding carboxylic acids is 1. The van der Waals surface area contributed by atoms with E-state index in [-0.39, 0.29) is 16.3 Å². The van der Waals surface area contributed by atoms with E-state index in [1.807, 2.05) is 6.92 Å². The Hall–Kier alpha value is -2.27. The van der Waals surface area contributed by atoms with E-state index in [1.165, 1.54) is 32.9 Å². The minimum Gasteiger partial charge on any atom is -0.325 e. The van der Waals surface area contributed by atoms with E-state index in [0.29, 0.717) is 31.6 Å². The largest absolute Gasteiger partial charge is 0.325 e. The number of nitrogens with zero attached hydrogens (tertiary/aromatic N) is 2. The van der Waals surface area contributed by atoms with Crippen LogP contribution in [0.4, 0.5) is 5.69 Å². The third-order valence-corrected chi connectivity index (χ3v) is 9.59. The van der Waals surface area contributed by atoms with Gasteiger partial charge in [-0.3, -0.25) is 4.79 Å². The highest BCUT2D eigenvalue weighted by molar-refractivity contribution is 7.89. The Labute approximate surface area is 190 Å². The second kappa shape index (κ2) is 9.70. The van der Waals surface area contributed by atoms with Crippen LogP contribution < -0.4 is 5.32 Å². The maximum atomic E-state index is 13.1. The van der Waals surface area contributed by atoms with Crippen molar-refractivity contribution in [3.63, 3.8) is 0 Å². The van der Waals surface area contributed by atoms with E-state index in [0.717, 1.165) is 5.56 Å². The fraction of sp³-hybridized carbons (Fsp3) is 0.409. The Morgan fingerprint density at radius 2 is 1.53 bits per heavy atom. The highest BCUT2D eigenvalue weighted by atomic mass is 32.2. The van der Waals surface area contributed by atoms with Gasteiger partial charge < -0.3 is 5.32 Å². The number of anilines is 1. The molecular formula is C22H29N3O5S2. The quantitative estimate of drug-likeness (QED) is 0.627.